The number of nitrogen functional groups attached to an aromatic ring is 1. The number of aromatic nitrogens is 2. The second-order valence-electron chi connectivity index (χ2n) is 7.26. The van der Waals surface area contributed by atoms with Gasteiger partial charge in [-0.2, -0.15) is 4.39 Å². The Balaban J connectivity index is 1.91. The van der Waals surface area contributed by atoms with Crippen molar-refractivity contribution in [2.24, 2.45) is 0 Å². The zero-order chi connectivity index (χ0) is 25.5. The standard InChI is InChI=1S/C22H22FN5O7/c1-34-10-9-26(18(29)13-35-15-7-8-17(28(32)33)16(23)11-15)19-20(24)27(22(31)25-21(19)30)12-14-5-3-2-4-6-14/h2-8,11H,9-10,12-13,24H2,1H3,(H,25,30,31). The molecule has 3 N–H and O–H groups in total. The maximum absolute atomic E-state index is 13.9. The van der Waals surface area contributed by atoms with Crippen LogP contribution in [0, 0.1) is 15.9 Å². The number of carbonyl (C=O) groups excluding carboxylic acids is 1. The molecule has 12 nitrogen and oxygen atoms in total. The highest BCUT2D eigenvalue weighted by molar-refractivity contribution is 5.96. The van der Waals surface area contributed by atoms with E-state index in [2.05, 4.69) is 4.98 Å². The van der Waals surface area contributed by atoms with Gasteiger partial charge in [-0.05, 0) is 11.6 Å². The molecule has 184 valence electrons. The number of benzene rings is 2. The Hall–Kier alpha value is -4.52. The van der Waals surface area contributed by atoms with Crippen LogP contribution in [0.2, 0.25) is 0 Å². The number of anilines is 2. The summed E-state index contributed by atoms with van der Waals surface area (Å²) in [4.78, 5) is 51.1. The molecule has 3 rings (SSSR count). The Morgan fingerprint density at radius 3 is 2.57 bits per heavy atom. The number of hydrogen-bond donors (Lipinski definition) is 2. The van der Waals surface area contributed by atoms with Crippen LogP contribution in [0.15, 0.2) is 58.1 Å². The number of nitro groups is 1. The number of nitrogens with zero attached hydrogens (tertiary/aromatic N) is 3. The van der Waals surface area contributed by atoms with Gasteiger partial charge in [0.1, 0.15) is 11.6 Å². The van der Waals surface area contributed by atoms with Gasteiger partial charge < -0.3 is 15.2 Å². The van der Waals surface area contributed by atoms with Gasteiger partial charge in [-0.25, -0.2) is 4.79 Å². The molecular formula is C22H22FN5O7. The highest BCUT2D eigenvalue weighted by atomic mass is 19.1. The number of aromatic amines is 1. The highest BCUT2D eigenvalue weighted by Crippen LogP contribution is 2.23. The van der Waals surface area contributed by atoms with Crippen molar-refractivity contribution in [3.63, 3.8) is 0 Å². The first-order valence-electron chi connectivity index (χ1n) is 10.3. The van der Waals surface area contributed by atoms with Crippen LogP contribution in [0.25, 0.3) is 0 Å². The first kappa shape index (κ1) is 25.1. The van der Waals surface area contributed by atoms with Crippen LogP contribution in [0.1, 0.15) is 5.56 Å². The summed E-state index contributed by atoms with van der Waals surface area (Å²) < 4.78 is 25.3. The number of halogens is 1. The van der Waals surface area contributed by atoms with E-state index < -0.39 is 40.2 Å². The first-order chi connectivity index (χ1) is 16.7. The topological polar surface area (TPSA) is 163 Å². The summed E-state index contributed by atoms with van der Waals surface area (Å²) in [5.74, 6) is -2.26. The number of nitro benzene ring substituents is 1. The average molecular weight is 487 g/mol. The van der Waals surface area contributed by atoms with E-state index in [1.807, 2.05) is 0 Å². The molecule has 3 aromatic rings. The van der Waals surface area contributed by atoms with Gasteiger partial charge in [-0.15, -0.1) is 0 Å². The van der Waals surface area contributed by atoms with Crippen molar-refractivity contribution < 1.29 is 23.6 Å². The molecule has 1 aromatic heterocycles. The maximum Gasteiger partial charge on any atom is 0.330 e. The SMILES string of the molecule is COCCN(C(=O)COc1ccc([N+](=O)[O-])c(F)c1)c1c(N)n(Cc2ccccc2)c(=O)[nH]c1=O. The van der Waals surface area contributed by atoms with Crippen LogP contribution >= 0.6 is 0 Å². The first-order valence-corrected chi connectivity index (χ1v) is 10.3. The molecule has 0 unspecified atom stereocenters. The fourth-order valence-electron chi connectivity index (χ4n) is 3.25. The molecular weight excluding hydrogens is 465 g/mol. The Morgan fingerprint density at radius 2 is 1.94 bits per heavy atom. The zero-order valence-corrected chi connectivity index (χ0v) is 18.6. The lowest BCUT2D eigenvalue weighted by Crippen LogP contribution is -2.44. The minimum atomic E-state index is -1.13. The normalized spacial score (nSPS) is 10.7. The summed E-state index contributed by atoms with van der Waals surface area (Å²) in [6.45, 7) is -0.698. The van der Waals surface area contributed by atoms with Gasteiger partial charge in [0.25, 0.3) is 11.5 Å². The number of H-pyrrole nitrogens is 1. The summed E-state index contributed by atoms with van der Waals surface area (Å²) in [7, 11) is 1.39. The van der Waals surface area contributed by atoms with Crippen molar-refractivity contribution in [2.75, 3.05) is 37.5 Å². The van der Waals surface area contributed by atoms with Crippen LogP contribution in [0.5, 0.6) is 5.75 Å². The van der Waals surface area contributed by atoms with E-state index in [0.717, 1.165) is 33.2 Å². The molecule has 0 radical (unpaired) electrons. The fourth-order valence-corrected chi connectivity index (χ4v) is 3.25. The predicted octanol–water partition coefficient (Wildman–Crippen LogP) is 1.27. The van der Waals surface area contributed by atoms with Crippen molar-refractivity contribution >= 4 is 23.1 Å². The monoisotopic (exact) mass is 487 g/mol. The molecule has 2 aromatic carbocycles. The second kappa shape index (κ2) is 11.1. The van der Waals surface area contributed by atoms with Gasteiger partial charge in [0, 0.05) is 25.8 Å². The summed E-state index contributed by atoms with van der Waals surface area (Å²) in [6, 6.07) is 11.7. The van der Waals surface area contributed by atoms with E-state index in [-0.39, 0.29) is 37.0 Å². The van der Waals surface area contributed by atoms with Crippen molar-refractivity contribution in [1.82, 2.24) is 9.55 Å². The number of nitrogens with one attached hydrogen (secondary N) is 1. The Bertz CT molecular complexity index is 1340. The number of hydrogen-bond acceptors (Lipinski definition) is 8. The number of amides is 1. The van der Waals surface area contributed by atoms with Gasteiger partial charge >= 0.3 is 11.4 Å². The second-order valence-corrected chi connectivity index (χ2v) is 7.26. The quantitative estimate of drug-likeness (QED) is 0.319. The summed E-state index contributed by atoms with van der Waals surface area (Å²) in [6.07, 6.45) is 0. The highest BCUT2D eigenvalue weighted by Gasteiger charge is 2.25. The van der Waals surface area contributed by atoms with Gasteiger partial charge in [0.15, 0.2) is 12.3 Å². The number of rotatable bonds is 10. The van der Waals surface area contributed by atoms with E-state index in [1.165, 1.54) is 7.11 Å². The number of nitrogens with two attached hydrogens (primary N) is 1. The average Bonchev–Trinajstić information content (AvgIpc) is 2.82. The van der Waals surface area contributed by atoms with Crippen molar-refractivity contribution in [2.45, 2.75) is 6.54 Å². The van der Waals surface area contributed by atoms with Crippen molar-refractivity contribution in [1.29, 1.82) is 0 Å². The van der Waals surface area contributed by atoms with Crippen LogP contribution in [0.4, 0.5) is 21.6 Å². The molecule has 0 atom stereocenters. The van der Waals surface area contributed by atoms with Crippen LogP contribution < -0.4 is 26.6 Å². The molecule has 0 saturated heterocycles. The molecule has 0 aliphatic carbocycles. The number of carbonyl (C=O) groups is 1. The molecule has 0 spiro atoms. The molecule has 0 bridgehead atoms. The Labute approximate surface area is 197 Å². The Morgan fingerprint density at radius 1 is 1.23 bits per heavy atom. The molecule has 1 heterocycles. The summed E-state index contributed by atoms with van der Waals surface area (Å²) in [5, 5.41) is 10.8. The summed E-state index contributed by atoms with van der Waals surface area (Å²) in [5.41, 5.74) is 4.24. The van der Waals surface area contributed by atoms with Crippen molar-refractivity contribution in [3.05, 3.63) is 90.9 Å². The third-order valence-corrected chi connectivity index (χ3v) is 4.97. The minimum Gasteiger partial charge on any atom is -0.484 e. The lowest BCUT2D eigenvalue weighted by atomic mass is 10.2. The molecule has 35 heavy (non-hydrogen) atoms. The molecule has 0 aliphatic rings. The lowest BCUT2D eigenvalue weighted by molar-refractivity contribution is -0.387. The van der Waals surface area contributed by atoms with Crippen LogP contribution in [0.3, 0.4) is 0 Å². The zero-order valence-electron chi connectivity index (χ0n) is 18.6. The predicted molar refractivity (Wildman–Crippen MR) is 124 cm³/mol. The molecule has 0 saturated carbocycles. The smallest absolute Gasteiger partial charge is 0.330 e. The van der Waals surface area contributed by atoms with E-state index in [1.54, 1.807) is 30.3 Å². The van der Waals surface area contributed by atoms with Crippen LogP contribution in [-0.4, -0.2) is 47.2 Å². The lowest BCUT2D eigenvalue weighted by Gasteiger charge is -2.24. The Kier molecular flexibility index (Phi) is 7.94. The van der Waals surface area contributed by atoms with E-state index in [9.17, 15) is 28.9 Å². The minimum absolute atomic E-state index is 0.0224. The van der Waals surface area contributed by atoms with Gasteiger partial charge in [-0.3, -0.25) is 34.2 Å². The summed E-state index contributed by atoms with van der Waals surface area (Å²) >= 11 is 0. The molecule has 13 heteroatoms. The van der Waals surface area contributed by atoms with Crippen LogP contribution in [-0.2, 0) is 16.1 Å². The third-order valence-electron chi connectivity index (χ3n) is 4.97. The van der Waals surface area contributed by atoms with E-state index in [4.69, 9.17) is 15.2 Å². The van der Waals surface area contributed by atoms with Gasteiger partial charge in [0.2, 0.25) is 5.82 Å². The fraction of sp³-hybridized carbons (Fsp3) is 0.227. The van der Waals surface area contributed by atoms with Gasteiger partial charge in [-0.1, -0.05) is 30.3 Å². The number of methoxy groups -OCH3 is 1. The van der Waals surface area contributed by atoms with E-state index in [0.29, 0.717) is 0 Å². The maximum atomic E-state index is 13.9. The molecule has 0 aliphatic heterocycles. The van der Waals surface area contributed by atoms with E-state index >= 15 is 0 Å². The molecule has 0 fully saturated rings. The van der Waals surface area contributed by atoms with Gasteiger partial charge in [0.05, 0.1) is 18.1 Å². The largest absolute Gasteiger partial charge is 0.484 e. The third kappa shape index (κ3) is 5.89. The van der Waals surface area contributed by atoms with Crippen molar-refractivity contribution in [3.8, 4) is 5.75 Å². The molecule has 1 amide bonds. The number of ether oxygens (including phenoxy) is 2.